The van der Waals surface area contributed by atoms with Crippen molar-refractivity contribution in [2.75, 3.05) is 0 Å². The van der Waals surface area contributed by atoms with E-state index in [9.17, 15) is 0 Å². The normalized spacial score (nSPS) is 10.0. The Morgan fingerprint density at radius 2 is 2.19 bits per heavy atom. The van der Waals surface area contributed by atoms with Crippen LogP contribution >= 0.6 is 0 Å². The summed E-state index contributed by atoms with van der Waals surface area (Å²) in [5.74, 6) is 0. The zero-order valence-corrected chi connectivity index (χ0v) is 8.67. The van der Waals surface area contributed by atoms with Gasteiger partial charge in [-0.1, -0.05) is 18.2 Å². The van der Waals surface area contributed by atoms with Gasteiger partial charge in [-0.05, 0) is 11.6 Å². The maximum Gasteiger partial charge on any atom is 0.0995 e. The molecule has 0 amide bonds. The SMILES string of the molecule is N#Cc1ccccc1Cn1cncc1CO. The maximum absolute atomic E-state index is 9.09. The molecule has 4 nitrogen and oxygen atoms in total. The van der Waals surface area contributed by atoms with E-state index in [0.29, 0.717) is 12.1 Å². The highest BCUT2D eigenvalue weighted by molar-refractivity contribution is 5.37. The van der Waals surface area contributed by atoms with Crippen LogP contribution in [0.4, 0.5) is 0 Å². The Bertz CT molecular complexity index is 525. The lowest BCUT2D eigenvalue weighted by atomic mass is 10.1. The molecule has 16 heavy (non-hydrogen) atoms. The number of hydrogen-bond acceptors (Lipinski definition) is 3. The molecule has 0 unspecified atom stereocenters. The van der Waals surface area contributed by atoms with E-state index < -0.39 is 0 Å². The van der Waals surface area contributed by atoms with Crippen LogP contribution in [0, 0.1) is 11.3 Å². The summed E-state index contributed by atoms with van der Waals surface area (Å²) in [6, 6.07) is 9.57. The molecule has 2 aromatic rings. The number of imidazole rings is 1. The first-order chi connectivity index (χ1) is 7.85. The Labute approximate surface area is 93.4 Å². The third-order valence-corrected chi connectivity index (χ3v) is 2.44. The van der Waals surface area contributed by atoms with Gasteiger partial charge in [0.2, 0.25) is 0 Å². The van der Waals surface area contributed by atoms with Crippen molar-refractivity contribution in [1.82, 2.24) is 9.55 Å². The van der Waals surface area contributed by atoms with E-state index in [1.165, 1.54) is 0 Å². The minimum atomic E-state index is -0.0469. The molecule has 80 valence electrons. The predicted octanol–water partition coefficient (Wildman–Crippen LogP) is 1.30. The molecule has 0 aliphatic rings. The minimum absolute atomic E-state index is 0.0469. The van der Waals surface area contributed by atoms with Crippen molar-refractivity contribution in [2.24, 2.45) is 0 Å². The number of aliphatic hydroxyl groups is 1. The number of rotatable bonds is 3. The van der Waals surface area contributed by atoms with Crippen molar-refractivity contribution < 1.29 is 5.11 Å². The Balaban J connectivity index is 2.31. The van der Waals surface area contributed by atoms with Crippen LogP contribution in [-0.4, -0.2) is 14.7 Å². The summed E-state index contributed by atoms with van der Waals surface area (Å²) in [5.41, 5.74) is 2.32. The van der Waals surface area contributed by atoms with Crippen LogP contribution in [-0.2, 0) is 13.2 Å². The van der Waals surface area contributed by atoms with Crippen molar-refractivity contribution in [3.8, 4) is 6.07 Å². The fourth-order valence-electron chi connectivity index (χ4n) is 1.57. The third-order valence-electron chi connectivity index (χ3n) is 2.44. The smallest absolute Gasteiger partial charge is 0.0995 e. The second-order valence-electron chi connectivity index (χ2n) is 3.44. The minimum Gasteiger partial charge on any atom is -0.390 e. The Kier molecular flexibility index (Phi) is 2.99. The highest BCUT2D eigenvalue weighted by Crippen LogP contribution is 2.11. The molecule has 4 heteroatoms. The van der Waals surface area contributed by atoms with Gasteiger partial charge in [0.25, 0.3) is 0 Å². The van der Waals surface area contributed by atoms with Crippen LogP contribution < -0.4 is 0 Å². The van der Waals surface area contributed by atoms with Crippen LogP contribution in [0.2, 0.25) is 0 Å². The highest BCUT2D eigenvalue weighted by Gasteiger charge is 2.04. The molecule has 1 aromatic carbocycles. The summed E-state index contributed by atoms with van der Waals surface area (Å²) in [4.78, 5) is 3.96. The maximum atomic E-state index is 9.09. The molecule has 2 rings (SSSR count). The summed E-state index contributed by atoms with van der Waals surface area (Å²) >= 11 is 0. The highest BCUT2D eigenvalue weighted by atomic mass is 16.3. The second-order valence-corrected chi connectivity index (χ2v) is 3.44. The first kappa shape index (κ1) is 10.4. The lowest BCUT2D eigenvalue weighted by Crippen LogP contribution is -2.04. The largest absolute Gasteiger partial charge is 0.390 e. The summed E-state index contributed by atoms with van der Waals surface area (Å²) in [6.45, 7) is 0.508. The van der Waals surface area contributed by atoms with Gasteiger partial charge in [-0.25, -0.2) is 4.98 Å². The van der Waals surface area contributed by atoms with E-state index >= 15 is 0 Å². The van der Waals surface area contributed by atoms with Crippen LogP contribution in [0.5, 0.6) is 0 Å². The van der Waals surface area contributed by atoms with Gasteiger partial charge in [-0.15, -0.1) is 0 Å². The van der Waals surface area contributed by atoms with Gasteiger partial charge in [-0.2, -0.15) is 5.26 Å². The Morgan fingerprint density at radius 3 is 2.94 bits per heavy atom. The van der Waals surface area contributed by atoms with Gasteiger partial charge in [-0.3, -0.25) is 0 Å². The van der Waals surface area contributed by atoms with Crippen LogP contribution in [0.15, 0.2) is 36.8 Å². The van der Waals surface area contributed by atoms with Crippen molar-refractivity contribution in [3.05, 3.63) is 53.6 Å². The first-order valence-electron chi connectivity index (χ1n) is 4.93. The van der Waals surface area contributed by atoms with Gasteiger partial charge in [0.05, 0.1) is 43.0 Å². The summed E-state index contributed by atoms with van der Waals surface area (Å²) in [6.07, 6.45) is 3.27. The van der Waals surface area contributed by atoms with Crippen LogP contribution in [0.25, 0.3) is 0 Å². The number of hydrogen-bond donors (Lipinski definition) is 1. The van der Waals surface area contributed by atoms with E-state index in [4.69, 9.17) is 10.4 Å². The molecule has 0 atom stereocenters. The molecule has 0 aliphatic heterocycles. The number of nitriles is 1. The van der Waals surface area contributed by atoms with Gasteiger partial charge >= 0.3 is 0 Å². The number of aliphatic hydroxyl groups excluding tert-OH is 1. The van der Waals surface area contributed by atoms with Crippen molar-refractivity contribution >= 4 is 0 Å². The molecule has 0 fully saturated rings. The number of benzene rings is 1. The zero-order chi connectivity index (χ0) is 11.4. The summed E-state index contributed by atoms with van der Waals surface area (Å²) in [5, 5.41) is 18.0. The monoisotopic (exact) mass is 213 g/mol. The van der Waals surface area contributed by atoms with E-state index in [1.807, 2.05) is 22.8 Å². The number of aromatic nitrogens is 2. The average molecular weight is 213 g/mol. The molecule has 0 bridgehead atoms. The predicted molar refractivity (Wildman–Crippen MR) is 58.4 cm³/mol. The Hall–Kier alpha value is -2.12. The van der Waals surface area contributed by atoms with Gasteiger partial charge in [0.15, 0.2) is 0 Å². The van der Waals surface area contributed by atoms with Gasteiger partial charge in [0, 0.05) is 0 Å². The fourth-order valence-corrected chi connectivity index (χ4v) is 1.57. The molecule has 0 spiro atoms. The molecule has 1 N–H and O–H groups in total. The first-order valence-corrected chi connectivity index (χ1v) is 4.93. The van der Waals surface area contributed by atoms with Crippen LogP contribution in [0.3, 0.4) is 0 Å². The lowest BCUT2D eigenvalue weighted by Gasteiger charge is -2.07. The van der Waals surface area contributed by atoms with Crippen molar-refractivity contribution in [3.63, 3.8) is 0 Å². The van der Waals surface area contributed by atoms with Crippen molar-refractivity contribution in [2.45, 2.75) is 13.2 Å². The second kappa shape index (κ2) is 4.60. The summed E-state index contributed by atoms with van der Waals surface area (Å²) < 4.78 is 1.83. The number of nitrogens with zero attached hydrogens (tertiary/aromatic N) is 3. The molecule has 0 saturated heterocycles. The molecule has 0 saturated carbocycles. The Morgan fingerprint density at radius 1 is 1.38 bits per heavy atom. The van der Waals surface area contributed by atoms with Crippen LogP contribution in [0.1, 0.15) is 16.8 Å². The molecule has 0 radical (unpaired) electrons. The molecule has 0 aliphatic carbocycles. The van der Waals surface area contributed by atoms with Gasteiger partial charge in [0.1, 0.15) is 0 Å². The van der Waals surface area contributed by atoms with E-state index in [1.54, 1.807) is 18.6 Å². The van der Waals surface area contributed by atoms with Crippen molar-refractivity contribution in [1.29, 1.82) is 5.26 Å². The molecular formula is C12H11N3O. The molecule has 1 heterocycles. The standard InChI is InChI=1S/C12H11N3O/c13-5-10-3-1-2-4-11(10)7-15-9-14-6-12(15)8-16/h1-4,6,9,16H,7-8H2. The quantitative estimate of drug-likeness (QED) is 0.835. The zero-order valence-electron chi connectivity index (χ0n) is 8.67. The fraction of sp³-hybridized carbons (Fsp3) is 0.167. The average Bonchev–Trinajstić information content (AvgIpc) is 2.77. The molecular weight excluding hydrogens is 202 g/mol. The van der Waals surface area contributed by atoms with Gasteiger partial charge < -0.3 is 9.67 Å². The topological polar surface area (TPSA) is 61.8 Å². The third kappa shape index (κ3) is 1.95. The van der Waals surface area contributed by atoms with E-state index in [2.05, 4.69) is 11.1 Å². The van der Waals surface area contributed by atoms with E-state index in [-0.39, 0.29) is 6.61 Å². The lowest BCUT2D eigenvalue weighted by molar-refractivity contribution is 0.271. The van der Waals surface area contributed by atoms with E-state index in [0.717, 1.165) is 11.3 Å². The summed E-state index contributed by atoms with van der Waals surface area (Å²) in [7, 11) is 0. The molecule has 1 aromatic heterocycles.